The molecule has 0 N–H and O–H groups in total. The predicted molar refractivity (Wildman–Crippen MR) is 192 cm³/mol. The molecule has 0 radical (unpaired) electrons. The van der Waals surface area contributed by atoms with E-state index < -0.39 is 0 Å². The Hall–Kier alpha value is -5.06. The molecular formula is C38H32N6O2S2. The fourth-order valence-corrected chi connectivity index (χ4v) is 8.77. The first kappa shape index (κ1) is 30.3. The smallest absolute Gasteiger partial charge is 0.233 e. The minimum Gasteiger partial charge on any atom is -0.324 e. The van der Waals surface area contributed by atoms with Gasteiger partial charge in [-0.15, -0.1) is 23.5 Å². The second-order valence-corrected chi connectivity index (χ2v) is 13.8. The van der Waals surface area contributed by atoms with Gasteiger partial charge in [-0.05, 0) is 24.3 Å². The molecule has 10 heteroatoms. The number of hydrogen-bond acceptors (Lipinski definition) is 6. The van der Waals surface area contributed by atoms with Crippen LogP contribution in [0, 0.1) is 0 Å². The van der Waals surface area contributed by atoms with Crippen LogP contribution < -0.4 is 0 Å². The maximum atomic E-state index is 13.5. The van der Waals surface area contributed by atoms with E-state index in [0.29, 0.717) is 24.6 Å². The first-order chi connectivity index (χ1) is 23.6. The Bertz CT molecular complexity index is 1900. The monoisotopic (exact) mass is 668 g/mol. The molecule has 2 aliphatic heterocycles. The lowest BCUT2D eigenvalue weighted by Gasteiger charge is -2.29. The quantitative estimate of drug-likeness (QED) is 0.162. The number of nitrogens with zero attached hydrogens (tertiary/aromatic N) is 6. The summed E-state index contributed by atoms with van der Waals surface area (Å²) in [7, 11) is 0. The number of para-hydroxylation sites is 2. The van der Waals surface area contributed by atoms with E-state index >= 15 is 0 Å². The van der Waals surface area contributed by atoms with Crippen molar-refractivity contribution in [3.05, 3.63) is 145 Å². The molecule has 2 amide bonds. The molecule has 8 rings (SSSR count). The van der Waals surface area contributed by atoms with Crippen molar-refractivity contribution in [1.82, 2.24) is 29.4 Å². The number of amides is 2. The molecule has 4 aromatic carbocycles. The summed E-state index contributed by atoms with van der Waals surface area (Å²) in [5.74, 6) is 0.885. The van der Waals surface area contributed by atoms with Gasteiger partial charge in [0, 0.05) is 47.7 Å². The highest BCUT2D eigenvalue weighted by atomic mass is 32.2. The van der Waals surface area contributed by atoms with Gasteiger partial charge in [-0.3, -0.25) is 9.59 Å². The van der Waals surface area contributed by atoms with E-state index in [-0.39, 0.29) is 22.6 Å². The molecular weight excluding hydrogens is 637 g/mol. The Morgan fingerprint density at radius 1 is 0.521 bits per heavy atom. The van der Waals surface area contributed by atoms with Crippen LogP contribution >= 0.6 is 23.5 Å². The molecule has 2 saturated heterocycles. The largest absolute Gasteiger partial charge is 0.324 e. The molecule has 238 valence electrons. The van der Waals surface area contributed by atoms with Crippen molar-refractivity contribution < 1.29 is 9.59 Å². The van der Waals surface area contributed by atoms with Gasteiger partial charge in [0.2, 0.25) is 11.8 Å². The number of carbonyl (C=O) groups is 2. The summed E-state index contributed by atoms with van der Waals surface area (Å²) < 4.78 is 3.79. The van der Waals surface area contributed by atoms with Crippen LogP contribution in [0.5, 0.6) is 0 Å². The number of aromatic nitrogens is 4. The molecule has 0 aliphatic carbocycles. The average Bonchev–Trinajstić information content (AvgIpc) is 3.94. The molecule has 0 spiro atoms. The van der Waals surface area contributed by atoms with Gasteiger partial charge >= 0.3 is 0 Å². The highest BCUT2D eigenvalue weighted by molar-refractivity contribution is 8.00. The zero-order valence-corrected chi connectivity index (χ0v) is 27.6. The summed E-state index contributed by atoms with van der Waals surface area (Å²) in [5.41, 5.74) is 7.56. The number of rotatable bonds is 9. The minimum absolute atomic E-state index is 0.0641. The van der Waals surface area contributed by atoms with Gasteiger partial charge in [0.1, 0.15) is 10.7 Å². The van der Waals surface area contributed by atoms with Crippen LogP contribution in [-0.2, 0) is 9.59 Å². The number of carbonyl (C=O) groups excluding carboxylic acids is 2. The lowest BCUT2D eigenvalue weighted by Crippen LogP contribution is -2.39. The molecule has 48 heavy (non-hydrogen) atoms. The number of hydrogen-bond donors (Lipinski definition) is 0. The third-order valence-corrected chi connectivity index (χ3v) is 11.1. The van der Waals surface area contributed by atoms with Gasteiger partial charge in [-0.25, -0.2) is 9.36 Å². The normalized spacial score (nSPS) is 17.8. The van der Waals surface area contributed by atoms with Crippen molar-refractivity contribution in [2.24, 2.45) is 0 Å². The van der Waals surface area contributed by atoms with E-state index in [2.05, 4.69) is 24.3 Å². The van der Waals surface area contributed by atoms with Crippen LogP contribution in [0.4, 0.5) is 0 Å². The standard InChI is InChI=1S/C38H32N6O2S2/c45-33-25-47-37(31-23-43(29-17-9-3-10-18-29)39-35(31)27-13-5-1-6-14-27)41(33)21-22-42-34(46)26-48-38(42)32-24-44(30-19-11-4-12-20-30)40-36(32)28-15-7-2-8-16-28/h1-20,23-24,37-38H,21-22,25-26H2/t37-,38-/m0/s1. The molecule has 0 unspecified atom stereocenters. The zero-order valence-electron chi connectivity index (χ0n) is 26.0. The van der Waals surface area contributed by atoms with Crippen molar-refractivity contribution in [1.29, 1.82) is 0 Å². The number of thioether (sulfide) groups is 2. The van der Waals surface area contributed by atoms with Gasteiger partial charge in [-0.1, -0.05) is 97.1 Å². The van der Waals surface area contributed by atoms with Gasteiger partial charge in [0.25, 0.3) is 0 Å². The van der Waals surface area contributed by atoms with Crippen LogP contribution in [0.25, 0.3) is 33.9 Å². The molecule has 8 nitrogen and oxygen atoms in total. The van der Waals surface area contributed by atoms with E-state index in [1.54, 1.807) is 23.5 Å². The number of benzene rings is 4. The van der Waals surface area contributed by atoms with Gasteiger partial charge in [0.05, 0.1) is 34.3 Å². The molecule has 0 saturated carbocycles. The molecule has 2 aromatic heterocycles. The first-order valence-electron chi connectivity index (χ1n) is 15.9. The van der Waals surface area contributed by atoms with Crippen molar-refractivity contribution >= 4 is 35.3 Å². The zero-order chi connectivity index (χ0) is 32.5. The Kier molecular flexibility index (Phi) is 8.34. The van der Waals surface area contributed by atoms with Gasteiger partial charge in [-0.2, -0.15) is 10.2 Å². The molecule has 0 bridgehead atoms. The maximum absolute atomic E-state index is 13.5. The van der Waals surface area contributed by atoms with Crippen molar-refractivity contribution in [2.45, 2.75) is 10.7 Å². The fourth-order valence-electron chi connectivity index (χ4n) is 6.33. The van der Waals surface area contributed by atoms with Crippen LogP contribution in [0.1, 0.15) is 21.9 Å². The second kappa shape index (κ2) is 13.2. The third kappa shape index (κ3) is 5.82. The Balaban J connectivity index is 1.10. The van der Waals surface area contributed by atoms with E-state index in [9.17, 15) is 9.59 Å². The van der Waals surface area contributed by atoms with Crippen LogP contribution in [0.2, 0.25) is 0 Å². The highest BCUT2D eigenvalue weighted by Gasteiger charge is 2.39. The molecule has 2 aliphatic rings. The summed E-state index contributed by atoms with van der Waals surface area (Å²) in [6.45, 7) is 0.828. The van der Waals surface area contributed by atoms with Crippen molar-refractivity contribution in [3.8, 4) is 33.9 Å². The van der Waals surface area contributed by atoms with Gasteiger partial charge < -0.3 is 9.80 Å². The van der Waals surface area contributed by atoms with Crippen molar-refractivity contribution in [2.75, 3.05) is 24.6 Å². The average molecular weight is 669 g/mol. The summed E-state index contributed by atoms with van der Waals surface area (Å²) in [6.07, 6.45) is 4.09. The molecule has 2 fully saturated rings. The fraction of sp³-hybridized carbons (Fsp3) is 0.158. The first-order valence-corrected chi connectivity index (χ1v) is 18.0. The highest BCUT2D eigenvalue weighted by Crippen LogP contribution is 2.45. The maximum Gasteiger partial charge on any atom is 0.233 e. The Morgan fingerprint density at radius 2 is 0.875 bits per heavy atom. The van der Waals surface area contributed by atoms with Gasteiger partial charge in [0.15, 0.2) is 0 Å². The van der Waals surface area contributed by atoms with Crippen LogP contribution in [0.15, 0.2) is 134 Å². The van der Waals surface area contributed by atoms with E-state index in [4.69, 9.17) is 10.2 Å². The van der Waals surface area contributed by atoms with E-state index in [0.717, 1.165) is 45.0 Å². The summed E-state index contributed by atoms with van der Waals surface area (Å²) in [6, 6.07) is 40.3. The Morgan fingerprint density at radius 3 is 1.25 bits per heavy atom. The van der Waals surface area contributed by atoms with Crippen LogP contribution in [-0.4, -0.2) is 65.8 Å². The van der Waals surface area contributed by atoms with Crippen LogP contribution in [0.3, 0.4) is 0 Å². The Labute approximate surface area is 287 Å². The van der Waals surface area contributed by atoms with E-state index in [1.165, 1.54) is 0 Å². The summed E-state index contributed by atoms with van der Waals surface area (Å²) >= 11 is 3.22. The summed E-state index contributed by atoms with van der Waals surface area (Å²) in [4.78, 5) is 30.8. The molecule has 6 aromatic rings. The third-order valence-electron chi connectivity index (χ3n) is 8.67. The predicted octanol–water partition coefficient (Wildman–Crippen LogP) is 7.24. The second-order valence-electron chi connectivity index (χ2n) is 11.7. The summed E-state index contributed by atoms with van der Waals surface area (Å²) in [5, 5.41) is 9.57. The van der Waals surface area contributed by atoms with E-state index in [1.807, 2.05) is 129 Å². The SMILES string of the molecule is O=C1CS[C@@H](c2cn(-c3ccccc3)nc2-c2ccccc2)N1CCN1C(=O)CS[C@H]1c1cn(-c2ccccc2)nc1-c1ccccc1. The minimum atomic E-state index is -0.227. The molecule has 2 atom stereocenters. The lowest BCUT2D eigenvalue weighted by atomic mass is 10.1. The molecule has 4 heterocycles. The van der Waals surface area contributed by atoms with Crippen molar-refractivity contribution in [3.63, 3.8) is 0 Å². The lowest BCUT2D eigenvalue weighted by molar-refractivity contribution is -0.132. The topological polar surface area (TPSA) is 76.3 Å².